The molecule has 0 aliphatic heterocycles. The molecule has 0 radical (unpaired) electrons. The summed E-state index contributed by atoms with van der Waals surface area (Å²) in [5.74, 6) is -0.462. The number of phosphoric ester groups is 1. The SMILES string of the molecule is CCCCCC/C=C\CCCCCCCC(O)CC(=O)NC(COP(=O)(O)OCCN)C(O)/C=C/CC/C=C/CCCCCCCCCCCCCC. The van der Waals surface area contributed by atoms with Gasteiger partial charge in [0.2, 0.25) is 5.91 Å². The fraction of sp³-hybridized carbons (Fsp3) is 0.837. The van der Waals surface area contributed by atoms with Gasteiger partial charge in [-0.3, -0.25) is 13.8 Å². The molecule has 0 rings (SSSR count). The summed E-state index contributed by atoms with van der Waals surface area (Å²) in [5, 5.41) is 24.0. The number of rotatable bonds is 40. The number of hydrogen-bond acceptors (Lipinski definition) is 7. The molecule has 0 aromatic rings. The number of unbranched alkanes of at least 4 members (excludes halogenated alkanes) is 22. The molecule has 53 heavy (non-hydrogen) atoms. The van der Waals surface area contributed by atoms with Gasteiger partial charge in [0.05, 0.1) is 37.9 Å². The minimum Gasteiger partial charge on any atom is -0.393 e. The second-order valence-electron chi connectivity index (χ2n) is 14.7. The number of carbonyl (C=O) groups is 1. The molecule has 10 heteroatoms. The average Bonchev–Trinajstić information content (AvgIpc) is 3.13. The lowest BCUT2D eigenvalue weighted by Crippen LogP contribution is -2.46. The van der Waals surface area contributed by atoms with Gasteiger partial charge in [0.15, 0.2) is 0 Å². The number of carbonyl (C=O) groups excluding carboxylic acids is 1. The van der Waals surface area contributed by atoms with E-state index in [9.17, 15) is 24.5 Å². The molecule has 6 N–H and O–H groups in total. The molecule has 4 atom stereocenters. The highest BCUT2D eigenvalue weighted by molar-refractivity contribution is 7.47. The molecule has 0 aliphatic rings. The van der Waals surface area contributed by atoms with Crippen LogP contribution < -0.4 is 11.1 Å². The summed E-state index contributed by atoms with van der Waals surface area (Å²) in [5.41, 5.74) is 5.36. The topological polar surface area (TPSA) is 151 Å². The molecule has 312 valence electrons. The molecule has 0 aromatic carbocycles. The van der Waals surface area contributed by atoms with E-state index in [-0.39, 0.29) is 19.6 Å². The van der Waals surface area contributed by atoms with Crippen LogP contribution in [-0.2, 0) is 18.4 Å². The Balaban J connectivity index is 4.40. The van der Waals surface area contributed by atoms with Crippen LogP contribution in [0, 0.1) is 0 Å². The van der Waals surface area contributed by atoms with Crippen molar-refractivity contribution in [1.29, 1.82) is 0 Å². The third kappa shape index (κ3) is 37.4. The van der Waals surface area contributed by atoms with Crippen molar-refractivity contribution in [2.75, 3.05) is 19.8 Å². The standard InChI is InChI=1S/C43H83N2O7P/c1-3-5-7-9-11-13-15-17-18-19-20-21-23-25-27-29-31-33-35-42(47)41(39-52-53(49,50)51-37-36-44)45-43(48)38-40(46)34-32-30-28-26-24-22-16-14-12-10-8-6-4-2/h14,16,25,27,33,35,40-42,46-47H,3-13,15,17-24,26,28-32,34,36-39,44H2,1-2H3,(H,45,48)(H,49,50)/b16-14-,27-25+,35-33+. The van der Waals surface area contributed by atoms with E-state index >= 15 is 0 Å². The average molecular weight is 771 g/mol. The van der Waals surface area contributed by atoms with Crippen LogP contribution in [-0.4, -0.2) is 59.0 Å². The smallest absolute Gasteiger partial charge is 0.393 e. The molecule has 0 aromatic heterocycles. The number of nitrogens with one attached hydrogen (secondary N) is 1. The maximum absolute atomic E-state index is 12.8. The second-order valence-corrected chi connectivity index (χ2v) is 16.2. The Bertz CT molecular complexity index is 946. The van der Waals surface area contributed by atoms with Crippen molar-refractivity contribution in [2.24, 2.45) is 5.73 Å². The number of allylic oxidation sites excluding steroid dienone is 5. The van der Waals surface area contributed by atoms with Crippen molar-refractivity contribution >= 4 is 13.7 Å². The zero-order chi connectivity index (χ0) is 39.1. The van der Waals surface area contributed by atoms with Crippen molar-refractivity contribution in [3.8, 4) is 0 Å². The van der Waals surface area contributed by atoms with E-state index in [0.717, 1.165) is 44.9 Å². The molecule has 4 unspecified atom stereocenters. The number of phosphoric acid groups is 1. The van der Waals surface area contributed by atoms with Crippen molar-refractivity contribution in [1.82, 2.24) is 5.32 Å². The van der Waals surface area contributed by atoms with Crippen LogP contribution in [0.5, 0.6) is 0 Å². The van der Waals surface area contributed by atoms with Gasteiger partial charge in [0.25, 0.3) is 0 Å². The molecule has 1 amide bonds. The van der Waals surface area contributed by atoms with E-state index < -0.39 is 38.6 Å². The van der Waals surface area contributed by atoms with Crippen molar-refractivity contribution in [3.63, 3.8) is 0 Å². The van der Waals surface area contributed by atoms with E-state index in [0.29, 0.717) is 12.8 Å². The lowest BCUT2D eigenvalue weighted by atomic mass is 10.0. The van der Waals surface area contributed by atoms with Gasteiger partial charge in [-0.25, -0.2) is 4.57 Å². The van der Waals surface area contributed by atoms with Crippen LogP contribution in [0.25, 0.3) is 0 Å². The van der Waals surface area contributed by atoms with E-state index in [2.05, 4.69) is 43.5 Å². The summed E-state index contributed by atoms with van der Waals surface area (Å²) in [6, 6.07) is -1.00. The predicted octanol–water partition coefficient (Wildman–Crippen LogP) is 10.9. The summed E-state index contributed by atoms with van der Waals surface area (Å²) in [6.45, 7) is 3.93. The minimum atomic E-state index is -4.41. The van der Waals surface area contributed by atoms with Crippen LogP contribution in [0.4, 0.5) is 0 Å². The molecule has 0 saturated carbocycles. The minimum absolute atomic E-state index is 0.0434. The lowest BCUT2D eigenvalue weighted by molar-refractivity contribution is -0.124. The fourth-order valence-electron chi connectivity index (χ4n) is 6.19. The monoisotopic (exact) mass is 771 g/mol. The number of nitrogens with two attached hydrogens (primary N) is 1. The summed E-state index contributed by atoms with van der Waals surface area (Å²) in [4.78, 5) is 22.7. The number of hydrogen-bond donors (Lipinski definition) is 5. The molecule has 9 nitrogen and oxygen atoms in total. The quantitative estimate of drug-likeness (QED) is 0.0235. The third-order valence-electron chi connectivity index (χ3n) is 9.49. The van der Waals surface area contributed by atoms with E-state index in [1.54, 1.807) is 6.08 Å². The molecule has 0 spiro atoms. The fourth-order valence-corrected chi connectivity index (χ4v) is 6.95. The second kappa shape index (κ2) is 38.9. The summed E-state index contributed by atoms with van der Waals surface area (Å²) >= 11 is 0. The molecule has 0 bridgehead atoms. The Kier molecular flexibility index (Phi) is 38.0. The molecule has 0 fully saturated rings. The molecule has 0 aliphatic carbocycles. The summed E-state index contributed by atoms with van der Waals surface area (Å²) in [6.07, 6.45) is 42.3. The van der Waals surface area contributed by atoms with Gasteiger partial charge in [-0.1, -0.05) is 166 Å². The van der Waals surface area contributed by atoms with Gasteiger partial charge >= 0.3 is 7.82 Å². The van der Waals surface area contributed by atoms with E-state index in [4.69, 9.17) is 14.8 Å². The Hall–Kier alpha value is -1.32. The van der Waals surface area contributed by atoms with Crippen LogP contribution in [0.15, 0.2) is 36.5 Å². The first-order chi connectivity index (χ1) is 25.8. The summed E-state index contributed by atoms with van der Waals surface area (Å²) < 4.78 is 22.0. The highest BCUT2D eigenvalue weighted by Gasteiger charge is 2.27. The van der Waals surface area contributed by atoms with Crippen LogP contribution >= 0.6 is 7.82 Å². The van der Waals surface area contributed by atoms with Crippen molar-refractivity contribution in [3.05, 3.63) is 36.5 Å². The Labute approximate surface area is 325 Å². The van der Waals surface area contributed by atoms with E-state index in [1.807, 2.05) is 6.08 Å². The summed E-state index contributed by atoms with van der Waals surface area (Å²) in [7, 11) is -4.41. The maximum Gasteiger partial charge on any atom is 0.472 e. The van der Waals surface area contributed by atoms with Crippen LogP contribution in [0.3, 0.4) is 0 Å². The highest BCUT2D eigenvalue weighted by Crippen LogP contribution is 2.43. The first-order valence-corrected chi connectivity index (χ1v) is 23.2. The Morgan fingerprint density at radius 2 is 1.08 bits per heavy atom. The van der Waals surface area contributed by atoms with Crippen LogP contribution in [0.2, 0.25) is 0 Å². The van der Waals surface area contributed by atoms with Gasteiger partial charge in [-0.15, -0.1) is 0 Å². The molecular weight excluding hydrogens is 687 g/mol. The normalized spacial score (nSPS) is 15.1. The lowest BCUT2D eigenvalue weighted by Gasteiger charge is -2.24. The Morgan fingerprint density at radius 3 is 1.58 bits per heavy atom. The molecular formula is C43H83N2O7P. The number of aliphatic hydroxyl groups is 2. The number of aliphatic hydroxyl groups excluding tert-OH is 2. The largest absolute Gasteiger partial charge is 0.472 e. The first-order valence-electron chi connectivity index (χ1n) is 21.7. The van der Waals surface area contributed by atoms with Gasteiger partial charge in [-0.2, -0.15) is 0 Å². The molecule has 0 heterocycles. The van der Waals surface area contributed by atoms with Gasteiger partial charge in [0.1, 0.15) is 0 Å². The zero-order valence-electron chi connectivity index (χ0n) is 34.1. The van der Waals surface area contributed by atoms with Crippen molar-refractivity contribution in [2.45, 2.75) is 212 Å². The maximum atomic E-state index is 12.8. The first kappa shape index (κ1) is 51.7. The van der Waals surface area contributed by atoms with Crippen LogP contribution in [0.1, 0.15) is 194 Å². The van der Waals surface area contributed by atoms with Gasteiger partial charge < -0.3 is 26.2 Å². The van der Waals surface area contributed by atoms with Gasteiger partial charge in [-0.05, 0) is 57.8 Å². The Morgan fingerprint density at radius 1 is 0.642 bits per heavy atom. The molecule has 0 saturated heterocycles. The third-order valence-corrected chi connectivity index (χ3v) is 10.5. The van der Waals surface area contributed by atoms with Crippen molar-refractivity contribution < 1.29 is 33.5 Å². The zero-order valence-corrected chi connectivity index (χ0v) is 35.0. The van der Waals surface area contributed by atoms with Gasteiger partial charge in [0, 0.05) is 6.54 Å². The number of amides is 1. The predicted molar refractivity (Wildman–Crippen MR) is 223 cm³/mol. The highest BCUT2D eigenvalue weighted by atomic mass is 31.2. The van der Waals surface area contributed by atoms with E-state index in [1.165, 1.54) is 116 Å².